The Morgan fingerprint density at radius 3 is 2.46 bits per heavy atom. The zero-order chi connectivity index (χ0) is 19.0. The fraction of sp³-hybridized carbons (Fsp3) is 0.571. The number of hydrogen-bond donors (Lipinski definition) is 1. The summed E-state index contributed by atoms with van der Waals surface area (Å²) in [7, 11) is 0. The van der Waals surface area contributed by atoms with E-state index in [0.717, 1.165) is 39.0 Å². The number of nitrogens with one attached hydrogen (secondary N) is 1. The Morgan fingerprint density at radius 2 is 1.86 bits per heavy atom. The summed E-state index contributed by atoms with van der Waals surface area (Å²) in [5.41, 5.74) is 0.653. The number of rotatable bonds is 3. The van der Waals surface area contributed by atoms with Crippen molar-refractivity contribution in [2.24, 2.45) is 11.3 Å². The van der Waals surface area contributed by atoms with Crippen molar-refractivity contribution in [3.05, 3.63) is 40.3 Å². The van der Waals surface area contributed by atoms with Crippen LogP contribution in [0.4, 0.5) is 0 Å². The first-order valence-electron chi connectivity index (χ1n) is 9.99. The van der Waals surface area contributed by atoms with Crippen LogP contribution < -0.4 is 10.9 Å². The Kier molecular flexibility index (Phi) is 6.10. The molecule has 0 radical (unpaired) electrons. The van der Waals surface area contributed by atoms with Crippen LogP contribution in [0.2, 0.25) is 0 Å². The fourth-order valence-corrected chi connectivity index (χ4v) is 4.42. The second kappa shape index (κ2) is 8.21. The fourth-order valence-electron chi connectivity index (χ4n) is 4.42. The van der Waals surface area contributed by atoms with E-state index in [9.17, 15) is 9.59 Å². The molecular formula is C21H29ClN4O2. The van der Waals surface area contributed by atoms with Gasteiger partial charge >= 0.3 is 0 Å². The number of hydrogen-bond acceptors (Lipinski definition) is 4. The van der Waals surface area contributed by atoms with Gasteiger partial charge in [0.05, 0.1) is 5.39 Å². The number of halogens is 1. The molecule has 0 saturated carbocycles. The molecular weight excluding hydrogens is 376 g/mol. The lowest BCUT2D eigenvalue weighted by Crippen LogP contribution is -2.44. The van der Waals surface area contributed by atoms with Crippen molar-refractivity contribution in [3.8, 4) is 0 Å². The van der Waals surface area contributed by atoms with Gasteiger partial charge in [-0.25, -0.2) is 4.68 Å². The number of fused-ring (bicyclic) bond motifs is 1. The normalized spacial score (nSPS) is 18.6. The number of carbonyl (C=O) groups is 1. The van der Waals surface area contributed by atoms with Crippen LogP contribution in [0.5, 0.6) is 0 Å². The van der Waals surface area contributed by atoms with Crippen LogP contribution in [0.15, 0.2) is 29.1 Å². The Bertz CT molecular complexity index is 908. The Balaban J connectivity index is 0.00000225. The summed E-state index contributed by atoms with van der Waals surface area (Å²) in [5.74, 6) is 0.230. The Hall–Kier alpha value is -1.92. The van der Waals surface area contributed by atoms with Crippen LogP contribution in [-0.4, -0.2) is 46.8 Å². The number of carbonyl (C=O) groups excluding carboxylic acids is 1. The van der Waals surface area contributed by atoms with Crippen molar-refractivity contribution in [2.75, 3.05) is 26.2 Å². The largest absolute Gasteiger partial charge is 0.337 e. The molecule has 1 aromatic carbocycles. The van der Waals surface area contributed by atoms with Crippen molar-refractivity contribution in [3.63, 3.8) is 0 Å². The first-order valence-corrected chi connectivity index (χ1v) is 9.99. The molecule has 152 valence electrons. The maximum Gasteiger partial charge on any atom is 0.274 e. The summed E-state index contributed by atoms with van der Waals surface area (Å²) < 4.78 is 1.46. The number of benzene rings is 1. The van der Waals surface area contributed by atoms with Gasteiger partial charge in [0, 0.05) is 31.6 Å². The van der Waals surface area contributed by atoms with Gasteiger partial charge in [-0.2, -0.15) is 5.10 Å². The van der Waals surface area contributed by atoms with E-state index < -0.39 is 0 Å². The van der Waals surface area contributed by atoms with Crippen molar-refractivity contribution >= 4 is 29.1 Å². The van der Waals surface area contributed by atoms with Gasteiger partial charge in [0.25, 0.3) is 11.5 Å². The predicted octanol–water partition coefficient (Wildman–Crippen LogP) is 2.69. The zero-order valence-electron chi connectivity index (χ0n) is 16.6. The van der Waals surface area contributed by atoms with E-state index in [4.69, 9.17) is 0 Å². The lowest BCUT2D eigenvalue weighted by atomic mass is 9.78. The third-order valence-electron chi connectivity index (χ3n) is 6.05. The van der Waals surface area contributed by atoms with Crippen molar-refractivity contribution in [1.29, 1.82) is 0 Å². The maximum atomic E-state index is 13.3. The summed E-state index contributed by atoms with van der Waals surface area (Å²) in [5, 5.41) is 9.20. The summed E-state index contributed by atoms with van der Waals surface area (Å²) >= 11 is 0. The highest BCUT2D eigenvalue weighted by Gasteiger charge is 2.38. The summed E-state index contributed by atoms with van der Waals surface area (Å²) in [6.07, 6.45) is 3.28. The second-order valence-corrected chi connectivity index (χ2v) is 8.49. The van der Waals surface area contributed by atoms with Gasteiger partial charge in [0.15, 0.2) is 5.69 Å². The highest BCUT2D eigenvalue weighted by Crippen LogP contribution is 2.37. The first-order chi connectivity index (χ1) is 13.0. The first kappa shape index (κ1) is 20.8. The number of aromatic nitrogens is 2. The number of likely N-dealkylation sites (tertiary alicyclic amines) is 1. The molecule has 2 aliphatic heterocycles. The maximum absolute atomic E-state index is 13.3. The molecule has 0 unspecified atom stereocenters. The van der Waals surface area contributed by atoms with Gasteiger partial charge < -0.3 is 10.2 Å². The minimum atomic E-state index is -0.120. The molecule has 7 heteroatoms. The average Bonchev–Trinajstić information content (AvgIpc) is 3.12. The van der Waals surface area contributed by atoms with E-state index in [1.54, 1.807) is 6.07 Å². The van der Waals surface area contributed by atoms with E-state index >= 15 is 0 Å². The summed E-state index contributed by atoms with van der Waals surface area (Å²) in [6, 6.07) is 7.34. The minimum Gasteiger partial charge on any atom is -0.337 e. The number of nitrogens with zero attached hydrogens (tertiary/aromatic N) is 3. The number of piperidine rings is 1. The van der Waals surface area contributed by atoms with Crippen LogP contribution in [0.25, 0.3) is 10.8 Å². The van der Waals surface area contributed by atoms with E-state index in [1.807, 2.05) is 36.9 Å². The van der Waals surface area contributed by atoms with E-state index in [1.165, 1.54) is 11.1 Å². The monoisotopic (exact) mass is 404 g/mol. The lowest BCUT2D eigenvalue weighted by molar-refractivity contribution is 0.0601. The van der Waals surface area contributed by atoms with Crippen LogP contribution in [-0.2, 0) is 6.54 Å². The molecule has 1 N–H and O–H groups in total. The molecule has 2 aromatic rings. The molecule has 1 spiro atoms. The van der Waals surface area contributed by atoms with Gasteiger partial charge in [-0.1, -0.05) is 32.0 Å². The lowest BCUT2D eigenvalue weighted by Gasteiger charge is -2.38. The van der Waals surface area contributed by atoms with Crippen LogP contribution >= 0.6 is 12.4 Å². The molecule has 28 heavy (non-hydrogen) atoms. The van der Waals surface area contributed by atoms with E-state index in [-0.39, 0.29) is 29.8 Å². The zero-order valence-corrected chi connectivity index (χ0v) is 17.4. The highest BCUT2D eigenvalue weighted by atomic mass is 35.5. The molecule has 0 aliphatic carbocycles. The third-order valence-corrected chi connectivity index (χ3v) is 6.05. The average molecular weight is 405 g/mol. The summed E-state index contributed by atoms with van der Waals surface area (Å²) in [6.45, 7) is 8.28. The molecule has 0 atom stereocenters. The van der Waals surface area contributed by atoms with E-state index in [2.05, 4.69) is 10.4 Å². The third kappa shape index (κ3) is 3.80. The molecule has 1 aromatic heterocycles. The van der Waals surface area contributed by atoms with E-state index in [0.29, 0.717) is 28.4 Å². The van der Waals surface area contributed by atoms with Crippen molar-refractivity contribution in [1.82, 2.24) is 20.0 Å². The predicted molar refractivity (Wildman–Crippen MR) is 113 cm³/mol. The van der Waals surface area contributed by atoms with Crippen molar-refractivity contribution < 1.29 is 4.79 Å². The highest BCUT2D eigenvalue weighted by molar-refractivity contribution is 6.04. The summed E-state index contributed by atoms with van der Waals surface area (Å²) in [4.78, 5) is 28.0. The smallest absolute Gasteiger partial charge is 0.274 e. The van der Waals surface area contributed by atoms with Gasteiger partial charge in [0.1, 0.15) is 0 Å². The molecule has 4 rings (SSSR count). The Morgan fingerprint density at radius 1 is 1.18 bits per heavy atom. The minimum absolute atomic E-state index is 0. The molecule has 6 nitrogen and oxygen atoms in total. The molecule has 1 amide bonds. The van der Waals surface area contributed by atoms with Gasteiger partial charge in [0.2, 0.25) is 0 Å². The van der Waals surface area contributed by atoms with Gasteiger partial charge in [-0.05, 0) is 43.2 Å². The molecule has 2 aliphatic rings. The van der Waals surface area contributed by atoms with Crippen LogP contribution in [0.1, 0.15) is 43.6 Å². The quantitative estimate of drug-likeness (QED) is 0.854. The SMILES string of the molecule is CC(C)Cn1nc(C(=O)N2CCC3(CCNC3)CC2)c2ccccc2c1=O.Cl. The number of amides is 1. The van der Waals surface area contributed by atoms with Gasteiger partial charge in [-0.15, -0.1) is 12.4 Å². The second-order valence-electron chi connectivity index (χ2n) is 8.49. The van der Waals surface area contributed by atoms with Crippen LogP contribution in [0.3, 0.4) is 0 Å². The molecule has 2 saturated heterocycles. The standard InChI is InChI=1S/C21H28N4O2.ClH/c1-15(2)13-25-19(26)17-6-4-3-5-16(17)18(23-25)20(27)24-11-8-21(9-12-24)7-10-22-14-21;/h3-6,15,22H,7-14H2,1-2H3;1H. The van der Waals surface area contributed by atoms with Crippen LogP contribution in [0, 0.1) is 11.3 Å². The Labute approximate surface area is 171 Å². The topological polar surface area (TPSA) is 67.2 Å². The molecule has 0 bridgehead atoms. The van der Waals surface area contributed by atoms with Gasteiger partial charge in [-0.3, -0.25) is 9.59 Å². The molecule has 2 fully saturated rings. The van der Waals surface area contributed by atoms with Crippen molar-refractivity contribution in [2.45, 2.75) is 39.7 Å². The molecule has 3 heterocycles.